The smallest absolute Gasteiger partial charge is 0.330 e. The zero-order valence-corrected chi connectivity index (χ0v) is 16.6. The Kier molecular flexibility index (Phi) is 5.67. The van der Waals surface area contributed by atoms with E-state index in [9.17, 15) is 14.4 Å². The molecule has 3 N–H and O–H groups in total. The Hall–Kier alpha value is -3.62. The van der Waals surface area contributed by atoms with E-state index in [1.807, 2.05) is 37.3 Å². The number of aryl methyl sites for hydroxylation is 2. The van der Waals surface area contributed by atoms with Crippen molar-refractivity contribution in [1.82, 2.24) is 14.7 Å². The van der Waals surface area contributed by atoms with Gasteiger partial charge in [0.05, 0.1) is 12.2 Å². The third-order valence-corrected chi connectivity index (χ3v) is 4.88. The minimum atomic E-state index is -0.704. The molecule has 0 saturated heterocycles. The predicted octanol–water partition coefficient (Wildman–Crippen LogP) is 1.37. The van der Waals surface area contributed by atoms with Gasteiger partial charge in [-0.05, 0) is 25.8 Å². The van der Waals surface area contributed by atoms with Gasteiger partial charge >= 0.3 is 5.69 Å². The predicted molar refractivity (Wildman–Crippen MR) is 109 cm³/mol. The third-order valence-electron chi connectivity index (χ3n) is 4.88. The number of nitrogens with two attached hydrogens (primary N) is 1. The average molecular weight is 397 g/mol. The standard InChI is InChI=1S/C20H23N5O4/c1-12-15(13(2)29-23-12)9-10-16(26)24(3)17-18(21)25(20(28)22-19(17)27)11-14-7-5-4-6-8-14/h4-8H,9-11,21H2,1-3H3,(H,22,27,28). The molecule has 0 aliphatic heterocycles. The molecular weight excluding hydrogens is 374 g/mol. The van der Waals surface area contributed by atoms with Crippen molar-refractivity contribution in [3.8, 4) is 0 Å². The maximum Gasteiger partial charge on any atom is 0.330 e. The van der Waals surface area contributed by atoms with Gasteiger partial charge in [0.1, 0.15) is 11.6 Å². The molecule has 0 aliphatic carbocycles. The number of aromatic nitrogens is 3. The lowest BCUT2D eigenvalue weighted by Gasteiger charge is -2.20. The van der Waals surface area contributed by atoms with Gasteiger partial charge in [0, 0.05) is 19.0 Å². The summed E-state index contributed by atoms with van der Waals surface area (Å²) in [7, 11) is 1.47. The molecule has 0 bridgehead atoms. The van der Waals surface area contributed by atoms with Gasteiger partial charge in [-0.25, -0.2) is 4.79 Å². The topological polar surface area (TPSA) is 127 Å². The number of nitrogens with zero attached hydrogens (tertiary/aromatic N) is 3. The van der Waals surface area contributed by atoms with Gasteiger partial charge in [-0.2, -0.15) is 0 Å². The molecule has 0 atom stereocenters. The number of rotatable bonds is 6. The summed E-state index contributed by atoms with van der Waals surface area (Å²) in [5, 5.41) is 3.87. The van der Waals surface area contributed by atoms with E-state index in [0.29, 0.717) is 12.2 Å². The first-order chi connectivity index (χ1) is 13.8. The normalized spacial score (nSPS) is 10.9. The summed E-state index contributed by atoms with van der Waals surface area (Å²) >= 11 is 0. The van der Waals surface area contributed by atoms with Gasteiger partial charge in [0.15, 0.2) is 5.69 Å². The summed E-state index contributed by atoms with van der Waals surface area (Å²) < 4.78 is 6.35. The molecule has 0 radical (unpaired) electrons. The fraction of sp³-hybridized carbons (Fsp3) is 0.300. The summed E-state index contributed by atoms with van der Waals surface area (Å²) in [6.07, 6.45) is 0.557. The first-order valence-corrected chi connectivity index (χ1v) is 9.14. The lowest BCUT2D eigenvalue weighted by atomic mass is 10.1. The second-order valence-electron chi connectivity index (χ2n) is 6.82. The molecule has 9 heteroatoms. The van der Waals surface area contributed by atoms with Crippen molar-refractivity contribution in [2.45, 2.75) is 33.2 Å². The lowest BCUT2D eigenvalue weighted by molar-refractivity contribution is -0.118. The highest BCUT2D eigenvalue weighted by Crippen LogP contribution is 2.19. The number of nitrogen functional groups attached to an aromatic ring is 1. The van der Waals surface area contributed by atoms with Crippen molar-refractivity contribution in [3.05, 3.63) is 73.8 Å². The Labute approximate surface area is 166 Å². The Morgan fingerprint density at radius 1 is 1.24 bits per heavy atom. The van der Waals surface area contributed by atoms with Gasteiger partial charge < -0.3 is 15.2 Å². The molecule has 0 aliphatic rings. The Balaban J connectivity index is 1.87. The van der Waals surface area contributed by atoms with Crippen molar-refractivity contribution in [2.75, 3.05) is 17.7 Å². The van der Waals surface area contributed by atoms with Crippen LogP contribution in [0.4, 0.5) is 11.5 Å². The van der Waals surface area contributed by atoms with E-state index in [1.54, 1.807) is 6.92 Å². The molecule has 0 unspecified atom stereocenters. The van der Waals surface area contributed by atoms with E-state index in [1.165, 1.54) is 16.5 Å². The van der Waals surface area contributed by atoms with Crippen LogP contribution in [0.25, 0.3) is 0 Å². The number of aromatic amines is 1. The van der Waals surface area contributed by atoms with Crippen LogP contribution < -0.4 is 21.9 Å². The maximum absolute atomic E-state index is 12.7. The highest BCUT2D eigenvalue weighted by atomic mass is 16.5. The van der Waals surface area contributed by atoms with E-state index >= 15 is 0 Å². The molecule has 3 aromatic rings. The molecule has 1 amide bonds. The Bertz CT molecular complexity index is 1120. The quantitative estimate of drug-likeness (QED) is 0.647. The fourth-order valence-corrected chi connectivity index (χ4v) is 3.21. The highest BCUT2D eigenvalue weighted by molar-refractivity contribution is 5.95. The summed E-state index contributed by atoms with van der Waals surface area (Å²) in [4.78, 5) is 40.8. The number of amides is 1. The van der Waals surface area contributed by atoms with Crippen LogP contribution in [0.3, 0.4) is 0 Å². The summed E-state index contributed by atoms with van der Waals surface area (Å²) in [6.45, 7) is 3.77. The summed E-state index contributed by atoms with van der Waals surface area (Å²) in [5.74, 6) is 0.287. The summed E-state index contributed by atoms with van der Waals surface area (Å²) in [6, 6.07) is 9.23. The van der Waals surface area contributed by atoms with E-state index in [4.69, 9.17) is 10.3 Å². The number of hydrogen-bond acceptors (Lipinski definition) is 6. The average Bonchev–Trinajstić information content (AvgIpc) is 3.01. The second kappa shape index (κ2) is 8.17. The van der Waals surface area contributed by atoms with Crippen molar-refractivity contribution in [2.24, 2.45) is 0 Å². The van der Waals surface area contributed by atoms with Crippen molar-refractivity contribution < 1.29 is 9.32 Å². The Morgan fingerprint density at radius 2 is 1.93 bits per heavy atom. The minimum Gasteiger partial charge on any atom is -0.383 e. The van der Waals surface area contributed by atoms with E-state index in [0.717, 1.165) is 16.8 Å². The van der Waals surface area contributed by atoms with E-state index < -0.39 is 11.2 Å². The van der Waals surface area contributed by atoms with Crippen LogP contribution in [0, 0.1) is 13.8 Å². The first-order valence-electron chi connectivity index (χ1n) is 9.14. The zero-order chi connectivity index (χ0) is 21.1. The second-order valence-corrected chi connectivity index (χ2v) is 6.82. The number of carbonyl (C=O) groups is 1. The summed E-state index contributed by atoms with van der Waals surface area (Å²) in [5.41, 5.74) is 7.18. The van der Waals surface area contributed by atoms with Gasteiger partial charge in [0.25, 0.3) is 5.56 Å². The van der Waals surface area contributed by atoms with E-state index in [-0.39, 0.29) is 30.4 Å². The van der Waals surface area contributed by atoms with Crippen LogP contribution in [0.5, 0.6) is 0 Å². The van der Waals surface area contributed by atoms with Crippen LogP contribution in [-0.2, 0) is 17.8 Å². The number of benzene rings is 1. The molecule has 1 aromatic carbocycles. The van der Waals surface area contributed by atoms with Crippen LogP contribution in [0.15, 0.2) is 44.4 Å². The van der Waals surface area contributed by atoms with Crippen LogP contribution >= 0.6 is 0 Å². The maximum atomic E-state index is 12.7. The number of hydrogen-bond donors (Lipinski definition) is 2. The van der Waals surface area contributed by atoms with Crippen molar-refractivity contribution in [3.63, 3.8) is 0 Å². The minimum absolute atomic E-state index is 0.0516. The van der Waals surface area contributed by atoms with E-state index in [2.05, 4.69) is 10.1 Å². The zero-order valence-electron chi connectivity index (χ0n) is 16.6. The van der Waals surface area contributed by atoms with Crippen molar-refractivity contribution in [1.29, 1.82) is 0 Å². The largest absolute Gasteiger partial charge is 0.383 e. The molecule has 2 heterocycles. The fourth-order valence-electron chi connectivity index (χ4n) is 3.21. The number of anilines is 2. The van der Waals surface area contributed by atoms with Crippen LogP contribution in [-0.4, -0.2) is 27.7 Å². The highest BCUT2D eigenvalue weighted by Gasteiger charge is 2.22. The Morgan fingerprint density at radius 3 is 2.55 bits per heavy atom. The molecule has 0 saturated carbocycles. The molecule has 152 valence electrons. The molecule has 2 aromatic heterocycles. The van der Waals surface area contributed by atoms with Crippen LogP contribution in [0.1, 0.15) is 29.0 Å². The van der Waals surface area contributed by atoms with Gasteiger partial charge in [0.2, 0.25) is 5.91 Å². The molecule has 9 nitrogen and oxygen atoms in total. The number of H-pyrrole nitrogens is 1. The van der Waals surface area contributed by atoms with Gasteiger partial charge in [-0.15, -0.1) is 0 Å². The molecule has 0 fully saturated rings. The molecule has 0 spiro atoms. The monoisotopic (exact) mass is 397 g/mol. The van der Waals surface area contributed by atoms with Gasteiger partial charge in [-0.3, -0.25) is 19.1 Å². The lowest BCUT2D eigenvalue weighted by Crippen LogP contribution is -2.39. The first kappa shape index (κ1) is 20.1. The van der Waals surface area contributed by atoms with Crippen LogP contribution in [0.2, 0.25) is 0 Å². The number of nitrogens with one attached hydrogen (secondary N) is 1. The molecular formula is C20H23N5O4. The molecule has 29 heavy (non-hydrogen) atoms. The SMILES string of the molecule is Cc1noc(C)c1CCC(=O)N(C)c1c(N)n(Cc2ccccc2)c(=O)[nH]c1=O. The van der Waals surface area contributed by atoms with Crippen molar-refractivity contribution >= 4 is 17.4 Å². The third kappa shape index (κ3) is 4.13. The number of carbonyl (C=O) groups excluding carboxylic acids is 1. The van der Waals surface area contributed by atoms with Gasteiger partial charge in [-0.1, -0.05) is 35.5 Å². The molecule has 3 rings (SSSR count).